The Morgan fingerprint density at radius 2 is 2.30 bits per heavy atom. The van der Waals surface area contributed by atoms with Gasteiger partial charge in [-0.05, 0) is 19.9 Å². The van der Waals surface area contributed by atoms with Crippen molar-refractivity contribution in [1.29, 1.82) is 0 Å². The topological polar surface area (TPSA) is 26.3 Å². The second-order valence-electron chi connectivity index (χ2n) is 2.34. The predicted molar refractivity (Wildman–Crippen MR) is 40.9 cm³/mol. The summed E-state index contributed by atoms with van der Waals surface area (Å²) in [7, 11) is 0. The summed E-state index contributed by atoms with van der Waals surface area (Å²) in [4.78, 5) is 10.6. The van der Waals surface area contributed by atoms with Crippen molar-refractivity contribution in [3.05, 3.63) is 12.7 Å². The van der Waals surface area contributed by atoms with Crippen molar-refractivity contribution in [2.75, 3.05) is 6.61 Å². The van der Waals surface area contributed by atoms with E-state index in [9.17, 15) is 4.79 Å². The predicted octanol–water partition coefficient (Wildman–Crippen LogP) is 1.56. The van der Waals surface area contributed by atoms with Crippen LogP contribution in [0.2, 0.25) is 0 Å². The zero-order valence-electron chi connectivity index (χ0n) is 6.59. The molecule has 0 saturated carbocycles. The molecule has 0 atom stereocenters. The summed E-state index contributed by atoms with van der Waals surface area (Å²) in [6.45, 7) is 7.74. The van der Waals surface area contributed by atoms with Crippen molar-refractivity contribution >= 4 is 5.78 Å². The maximum Gasteiger partial charge on any atom is 0.157 e. The van der Waals surface area contributed by atoms with E-state index < -0.39 is 0 Å². The van der Waals surface area contributed by atoms with E-state index in [1.165, 1.54) is 6.08 Å². The van der Waals surface area contributed by atoms with Crippen molar-refractivity contribution < 1.29 is 9.53 Å². The minimum Gasteiger partial charge on any atom is -0.378 e. The lowest BCUT2D eigenvalue weighted by molar-refractivity contribution is -0.115. The van der Waals surface area contributed by atoms with Crippen molar-refractivity contribution in [3.63, 3.8) is 0 Å². The maximum atomic E-state index is 10.6. The molecule has 0 aromatic rings. The molecule has 0 spiro atoms. The SMILES string of the molecule is C=CC(=O)CCOC(C)C. The zero-order valence-corrected chi connectivity index (χ0v) is 6.59. The third-order valence-electron chi connectivity index (χ3n) is 1.03. The van der Waals surface area contributed by atoms with Crippen LogP contribution in [0.4, 0.5) is 0 Å². The van der Waals surface area contributed by atoms with Crippen molar-refractivity contribution in [2.24, 2.45) is 0 Å². The van der Waals surface area contributed by atoms with E-state index in [1.54, 1.807) is 0 Å². The summed E-state index contributed by atoms with van der Waals surface area (Å²) < 4.78 is 5.15. The van der Waals surface area contributed by atoms with Gasteiger partial charge in [0.05, 0.1) is 12.7 Å². The second kappa shape index (κ2) is 5.18. The lowest BCUT2D eigenvalue weighted by Crippen LogP contribution is -2.06. The highest BCUT2D eigenvalue weighted by atomic mass is 16.5. The molecule has 0 fully saturated rings. The first-order valence-electron chi connectivity index (χ1n) is 3.43. The van der Waals surface area contributed by atoms with Crippen LogP contribution in [-0.2, 0) is 9.53 Å². The summed E-state index contributed by atoms with van der Waals surface area (Å²) in [6.07, 6.45) is 1.98. The number of hydrogen-bond acceptors (Lipinski definition) is 2. The van der Waals surface area contributed by atoms with Crippen LogP contribution in [0.1, 0.15) is 20.3 Å². The van der Waals surface area contributed by atoms with E-state index in [0.717, 1.165) is 0 Å². The largest absolute Gasteiger partial charge is 0.378 e. The van der Waals surface area contributed by atoms with Crippen molar-refractivity contribution in [3.8, 4) is 0 Å². The highest BCUT2D eigenvalue weighted by Crippen LogP contribution is 1.91. The average molecular weight is 142 g/mol. The molecule has 0 aromatic heterocycles. The van der Waals surface area contributed by atoms with E-state index in [2.05, 4.69) is 6.58 Å². The van der Waals surface area contributed by atoms with Crippen molar-refractivity contribution in [1.82, 2.24) is 0 Å². The molecule has 2 nitrogen and oxygen atoms in total. The Labute approximate surface area is 61.9 Å². The standard InChI is InChI=1S/C8H14O2/c1-4-8(9)5-6-10-7(2)3/h4,7H,1,5-6H2,2-3H3. The van der Waals surface area contributed by atoms with E-state index in [-0.39, 0.29) is 11.9 Å². The van der Waals surface area contributed by atoms with Gasteiger partial charge >= 0.3 is 0 Å². The fourth-order valence-electron chi connectivity index (χ4n) is 0.497. The van der Waals surface area contributed by atoms with Gasteiger partial charge in [-0.25, -0.2) is 0 Å². The van der Waals surface area contributed by atoms with Gasteiger partial charge in [0.1, 0.15) is 0 Å². The quantitative estimate of drug-likeness (QED) is 0.544. The van der Waals surface area contributed by atoms with Gasteiger partial charge in [-0.2, -0.15) is 0 Å². The third kappa shape index (κ3) is 5.51. The minimum atomic E-state index is 0.0423. The molecular formula is C8H14O2. The number of rotatable bonds is 5. The Morgan fingerprint density at radius 1 is 1.70 bits per heavy atom. The molecule has 0 aliphatic heterocycles. The molecule has 0 rings (SSSR count). The average Bonchev–Trinajstić information content (AvgIpc) is 1.87. The van der Waals surface area contributed by atoms with E-state index >= 15 is 0 Å². The Morgan fingerprint density at radius 3 is 2.70 bits per heavy atom. The first-order chi connectivity index (χ1) is 4.66. The molecule has 0 radical (unpaired) electrons. The van der Waals surface area contributed by atoms with E-state index in [1.807, 2.05) is 13.8 Å². The Bertz CT molecular complexity index is 116. The number of ether oxygens (including phenoxy) is 1. The maximum absolute atomic E-state index is 10.6. The molecule has 0 aliphatic carbocycles. The molecule has 58 valence electrons. The van der Waals surface area contributed by atoms with Crippen LogP contribution in [0.15, 0.2) is 12.7 Å². The van der Waals surface area contributed by atoms with Gasteiger partial charge < -0.3 is 4.74 Å². The van der Waals surface area contributed by atoms with Crippen molar-refractivity contribution in [2.45, 2.75) is 26.4 Å². The fraction of sp³-hybridized carbons (Fsp3) is 0.625. The minimum absolute atomic E-state index is 0.0423. The van der Waals surface area contributed by atoms with Crippen LogP contribution >= 0.6 is 0 Å². The highest BCUT2D eigenvalue weighted by Gasteiger charge is 1.96. The van der Waals surface area contributed by atoms with Gasteiger partial charge in [0.25, 0.3) is 0 Å². The van der Waals surface area contributed by atoms with Crippen LogP contribution in [-0.4, -0.2) is 18.5 Å². The van der Waals surface area contributed by atoms with Gasteiger partial charge in [0.2, 0.25) is 0 Å². The third-order valence-corrected chi connectivity index (χ3v) is 1.03. The summed E-state index contributed by atoms with van der Waals surface area (Å²) in [5.41, 5.74) is 0. The Hall–Kier alpha value is -0.630. The molecule has 0 bridgehead atoms. The lowest BCUT2D eigenvalue weighted by atomic mass is 10.3. The number of hydrogen-bond donors (Lipinski definition) is 0. The second-order valence-corrected chi connectivity index (χ2v) is 2.34. The summed E-state index contributed by atoms with van der Waals surface area (Å²) >= 11 is 0. The smallest absolute Gasteiger partial charge is 0.157 e. The number of carbonyl (C=O) groups is 1. The summed E-state index contributed by atoms with van der Waals surface area (Å²) in [5, 5.41) is 0. The first kappa shape index (κ1) is 9.37. The normalized spacial score (nSPS) is 9.90. The summed E-state index contributed by atoms with van der Waals surface area (Å²) in [5.74, 6) is 0.0423. The Kier molecular flexibility index (Phi) is 4.85. The monoisotopic (exact) mass is 142 g/mol. The molecule has 0 aromatic carbocycles. The number of allylic oxidation sites excluding steroid dienone is 1. The van der Waals surface area contributed by atoms with E-state index in [0.29, 0.717) is 13.0 Å². The fourth-order valence-corrected chi connectivity index (χ4v) is 0.497. The molecule has 10 heavy (non-hydrogen) atoms. The number of ketones is 1. The van der Waals surface area contributed by atoms with Gasteiger partial charge in [-0.1, -0.05) is 6.58 Å². The van der Waals surface area contributed by atoms with Crippen LogP contribution < -0.4 is 0 Å². The molecule has 0 amide bonds. The highest BCUT2D eigenvalue weighted by molar-refractivity contribution is 5.89. The molecule has 2 heteroatoms. The van der Waals surface area contributed by atoms with Gasteiger partial charge in [-0.15, -0.1) is 0 Å². The molecule has 0 unspecified atom stereocenters. The van der Waals surface area contributed by atoms with Gasteiger partial charge in [-0.3, -0.25) is 4.79 Å². The van der Waals surface area contributed by atoms with Crippen LogP contribution in [0.5, 0.6) is 0 Å². The van der Waals surface area contributed by atoms with Crippen LogP contribution in [0.3, 0.4) is 0 Å². The molecule has 0 saturated heterocycles. The summed E-state index contributed by atoms with van der Waals surface area (Å²) in [6, 6.07) is 0. The van der Waals surface area contributed by atoms with Gasteiger partial charge in [0, 0.05) is 6.42 Å². The Balaban J connectivity index is 3.19. The molecule has 0 aliphatic rings. The molecule has 0 heterocycles. The number of carbonyl (C=O) groups excluding carboxylic acids is 1. The molecule has 0 N–H and O–H groups in total. The van der Waals surface area contributed by atoms with Crippen LogP contribution in [0, 0.1) is 0 Å². The van der Waals surface area contributed by atoms with E-state index in [4.69, 9.17) is 4.74 Å². The lowest BCUT2D eigenvalue weighted by Gasteiger charge is -2.04. The van der Waals surface area contributed by atoms with Gasteiger partial charge in [0.15, 0.2) is 5.78 Å². The van der Waals surface area contributed by atoms with Crippen LogP contribution in [0.25, 0.3) is 0 Å². The first-order valence-corrected chi connectivity index (χ1v) is 3.43. The molecular weight excluding hydrogens is 128 g/mol. The zero-order chi connectivity index (χ0) is 7.98.